The van der Waals surface area contributed by atoms with Crippen LogP contribution < -0.4 is 5.69 Å². The Morgan fingerprint density at radius 1 is 1.45 bits per heavy atom. The Labute approximate surface area is 115 Å². The molecule has 1 aromatic heterocycles. The van der Waals surface area contributed by atoms with E-state index >= 15 is 0 Å². The highest BCUT2D eigenvalue weighted by Crippen LogP contribution is 2.08. The van der Waals surface area contributed by atoms with E-state index in [-0.39, 0.29) is 5.69 Å². The molecule has 0 radical (unpaired) electrons. The summed E-state index contributed by atoms with van der Waals surface area (Å²) in [5, 5.41) is 8.61. The summed E-state index contributed by atoms with van der Waals surface area (Å²) in [7, 11) is 0. The molecular weight excluding hydrogens is 256 g/mol. The third kappa shape index (κ3) is 3.65. The average Bonchev–Trinajstić information content (AvgIpc) is 2.41. The lowest BCUT2D eigenvalue weighted by Gasteiger charge is -2.06. The summed E-state index contributed by atoms with van der Waals surface area (Å²) >= 11 is 0. The Balaban J connectivity index is 2.26. The first-order valence-corrected chi connectivity index (χ1v) is 6.07. The maximum Gasteiger partial charge on any atom is 0.347 e. The van der Waals surface area contributed by atoms with Crippen LogP contribution in [0.25, 0.3) is 6.08 Å². The second kappa shape index (κ2) is 5.97. The zero-order valence-corrected chi connectivity index (χ0v) is 11.0. The lowest BCUT2D eigenvalue weighted by Crippen LogP contribution is -2.22. The van der Waals surface area contributed by atoms with Gasteiger partial charge in [-0.15, -0.1) is 0 Å². The van der Waals surface area contributed by atoms with E-state index < -0.39 is 5.97 Å². The van der Waals surface area contributed by atoms with Gasteiger partial charge in [0, 0.05) is 18.5 Å². The quantitative estimate of drug-likeness (QED) is 0.858. The SMILES string of the molecule is Cc1cnc(=O)n(Cc2cccc(C=CC(=O)O)c2)c1. The third-order valence-electron chi connectivity index (χ3n) is 2.71. The van der Waals surface area contributed by atoms with Crippen molar-refractivity contribution in [1.29, 1.82) is 0 Å². The van der Waals surface area contributed by atoms with E-state index in [1.54, 1.807) is 12.3 Å². The smallest absolute Gasteiger partial charge is 0.347 e. The summed E-state index contributed by atoms with van der Waals surface area (Å²) in [6, 6.07) is 7.35. The fourth-order valence-corrected chi connectivity index (χ4v) is 1.84. The van der Waals surface area contributed by atoms with Gasteiger partial charge < -0.3 is 5.11 Å². The largest absolute Gasteiger partial charge is 0.478 e. The van der Waals surface area contributed by atoms with Crippen molar-refractivity contribution in [3.63, 3.8) is 0 Å². The minimum atomic E-state index is -0.991. The van der Waals surface area contributed by atoms with Crippen molar-refractivity contribution < 1.29 is 9.90 Å². The van der Waals surface area contributed by atoms with Gasteiger partial charge in [-0.05, 0) is 35.8 Å². The van der Waals surface area contributed by atoms with E-state index in [9.17, 15) is 9.59 Å². The molecule has 20 heavy (non-hydrogen) atoms. The van der Waals surface area contributed by atoms with Gasteiger partial charge in [0.05, 0.1) is 6.54 Å². The zero-order valence-electron chi connectivity index (χ0n) is 11.0. The van der Waals surface area contributed by atoms with Crippen LogP contribution in [0.2, 0.25) is 0 Å². The van der Waals surface area contributed by atoms with Crippen LogP contribution in [0.4, 0.5) is 0 Å². The van der Waals surface area contributed by atoms with Gasteiger partial charge in [-0.1, -0.05) is 18.2 Å². The van der Waals surface area contributed by atoms with Crippen LogP contribution in [0.1, 0.15) is 16.7 Å². The summed E-state index contributed by atoms with van der Waals surface area (Å²) in [6.45, 7) is 2.28. The molecule has 2 aromatic rings. The van der Waals surface area contributed by atoms with Crippen molar-refractivity contribution in [2.75, 3.05) is 0 Å². The predicted octanol–water partition coefficient (Wildman–Crippen LogP) is 1.70. The highest BCUT2D eigenvalue weighted by atomic mass is 16.4. The molecule has 1 N–H and O–H groups in total. The van der Waals surface area contributed by atoms with Gasteiger partial charge in [-0.3, -0.25) is 4.57 Å². The second-order valence-electron chi connectivity index (χ2n) is 4.46. The average molecular weight is 270 g/mol. The van der Waals surface area contributed by atoms with Crippen LogP contribution >= 0.6 is 0 Å². The molecule has 0 amide bonds. The molecule has 0 unspecified atom stereocenters. The first kappa shape index (κ1) is 13.7. The lowest BCUT2D eigenvalue weighted by molar-refractivity contribution is -0.131. The van der Waals surface area contributed by atoms with Crippen molar-refractivity contribution in [1.82, 2.24) is 9.55 Å². The zero-order chi connectivity index (χ0) is 14.5. The number of carbonyl (C=O) groups is 1. The standard InChI is InChI=1S/C15H14N2O3/c1-11-8-16-15(20)17(9-11)10-13-4-2-3-12(7-13)5-6-14(18)19/h2-9H,10H2,1H3,(H,18,19). The van der Waals surface area contributed by atoms with Crippen LogP contribution in [0, 0.1) is 6.92 Å². The Hall–Kier alpha value is -2.69. The van der Waals surface area contributed by atoms with E-state index in [0.717, 1.165) is 22.8 Å². The molecule has 0 aliphatic heterocycles. The maximum atomic E-state index is 11.6. The molecule has 1 heterocycles. The van der Waals surface area contributed by atoms with Crippen molar-refractivity contribution in [2.45, 2.75) is 13.5 Å². The molecule has 0 bridgehead atoms. The van der Waals surface area contributed by atoms with Gasteiger partial charge in [0.25, 0.3) is 0 Å². The minimum Gasteiger partial charge on any atom is -0.478 e. The fraction of sp³-hybridized carbons (Fsp3) is 0.133. The molecule has 0 fully saturated rings. The van der Waals surface area contributed by atoms with Gasteiger partial charge in [0.15, 0.2) is 0 Å². The van der Waals surface area contributed by atoms with Gasteiger partial charge >= 0.3 is 11.7 Å². The highest BCUT2D eigenvalue weighted by molar-refractivity contribution is 5.85. The topological polar surface area (TPSA) is 72.2 Å². The summed E-state index contributed by atoms with van der Waals surface area (Å²) in [6.07, 6.45) is 5.88. The number of aliphatic carboxylic acids is 1. The van der Waals surface area contributed by atoms with Crippen LogP contribution in [0.3, 0.4) is 0 Å². The number of hydrogen-bond acceptors (Lipinski definition) is 3. The Morgan fingerprint density at radius 2 is 2.25 bits per heavy atom. The second-order valence-corrected chi connectivity index (χ2v) is 4.46. The molecule has 0 saturated heterocycles. The number of carboxylic acid groups (broad SMARTS) is 1. The number of rotatable bonds is 4. The van der Waals surface area contributed by atoms with Gasteiger partial charge in [0.1, 0.15) is 0 Å². The molecule has 0 saturated carbocycles. The van der Waals surface area contributed by atoms with Crippen LogP contribution in [0.15, 0.2) is 47.5 Å². The van der Waals surface area contributed by atoms with E-state index in [2.05, 4.69) is 4.98 Å². The highest BCUT2D eigenvalue weighted by Gasteiger charge is 2.00. The summed E-state index contributed by atoms with van der Waals surface area (Å²) < 4.78 is 1.52. The monoisotopic (exact) mass is 270 g/mol. The van der Waals surface area contributed by atoms with Crippen molar-refractivity contribution in [3.8, 4) is 0 Å². The fourth-order valence-electron chi connectivity index (χ4n) is 1.84. The Bertz CT molecular complexity index is 717. The van der Waals surface area contributed by atoms with Crippen molar-refractivity contribution >= 4 is 12.0 Å². The number of aromatic nitrogens is 2. The van der Waals surface area contributed by atoms with E-state index in [1.165, 1.54) is 16.8 Å². The van der Waals surface area contributed by atoms with Crippen LogP contribution in [0.5, 0.6) is 0 Å². The van der Waals surface area contributed by atoms with E-state index in [0.29, 0.717) is 6.54 Å². The number of benzene rings is 1. The number of carboxylic acids is 1. The molecule has 102 valence electrons. The van der Waals surface area contributed by atoms with Gasteiger partial charge in [-0.25, -0.2) is 14.6 Å². The van der Waals surface area contributed by atoms with E-state index in [4.69, 9.17) is 5.11 Å². The molecule has 2 rings (SSSR count). The maximum absolute atomic E-state index is 11.6. The van der Waals surface area contributed by atoms with Crippen molar-refractivity contribution in [3.05, 3.63) is 69.9 Å². The third-order valence-corrected chi connectivity index (χ3v) is 2.71. The van der Waals surface area contributed by atoms with Gasteiger partial charge in [-0.2, -0.15) is 0 Å². The Kier molecular flexibility index (Phi) is 4.10. The molecule has 0 atom stereocenters. The van der Waals surface area contributed by atoms with Crippen LogP contribution in [-0.2, 0) is 11.3 Å². The number of aryl methyl sites for hydroxylation is 1. The molecule has 0 spiro atoms. The van der Waals surface area contributed by atoms with Gasteiger partial charge in [0.2, 0.25) is 0 Å². The number of hydrogen-bond donors (Lipinski definition) is 1. The molecule has 1 aromatic carbocycles. The summed E-state index contributed by atoms with van der Waals surface area (Å²) in [5.41, 5.74) is 2.29. The molecular formula is C15H14N2O3. The van der Waals surface area contributed by atoms with Crippen molar-refractivity contribution in [2.24, 2.45) is 0 Å². The van der Waals surface area contributed by atoms with E-state index in [1.807, 2.05) is 25.1 Å². The normalized spacial score (nSPS) is 10.8. The number of nitrogens with zero attached hydrogens (tertiary/aromatic N) is 2. The van der Waals surface area contributed by atoms with Crippen LogP contribution in [-0.4, -0.2) is 20.6 Å². The molecule has 0 aliphatic rings. The Morgan fingerprint density at radius 3 is 3.00 bits per heavy atom. The minimum absolute atomic E-state index is 0.304. The molecule has 5 nitrogen and oxygen atoms in total. The first-order valence-electron chi connectivity index (χ1n) is 6.07. The molecule has 5 heteroatoms. The predicted molar refractivity (Wildman–Crippen MR) is 75.4 cm³/mol. The first-order chi connectivity index (χ1) is 9.54. The lowest BCUT2D eigenvalue weighted by atomic mass is 10.1. The summed E-state index contributed by atoms with van der Waals surface area (Å²) in [5.74, 6) is -0.991. The summed E-state index contributed by atoms with van der Waals surface area (Å²) in [4.78, 5) is 25.9. The molecule has 0 aliphatic carbocycles.